The molecule has 0 unspecified atom stereocenters. The summed E-state index contributed by atoms with van der Waals surface area (Å²) in [5.41, 5.74) is -0.879. The number of nitrogens with zero attached hydrogens (tertiary/aromatic N) is 7. The minimum absolute atomic E-state index is 0.182. The van der Waals surface area contributed by atoms with E-state index in [4.69, 9.17) is 29.9 Å². The molecule has 0 aromatic rings. The zero-order chi connectivity index (χ0) is 46.0. The maximum Gasteiger partial charge on any atom is 0.410 e. The largest absolute Gasteiger partial charge is 0.444 e. The monoisotopic (exact) mass is 888 g/mol. The number of hydrogen-bond donors (Lipinski definition) is 6. The van der Waals surface area contributed by atoms with Gasteiger partial charge in [-0.05, 0) is 80.3 Å². The standard InChI is InChI=1S/C16H31N3O3.C11H23N3O.C10H17NO3.C6H14N2O.CH4O/c1-16(2,3)22-15(21)19-6-4-14(5-7-19)18-10-8-17(9-11-18)12-13-20;15-10-9-13-5-7-14(8-6-13)11-1-3-12-4-2-11;1-10(2,3)14-9(13)11-6-4-8(12)5-7-11;9-6-5-8-3-1-7-2-4-8;1-2/h14,20H,4-13H2,1-3H3;11-12,15H,1-10H2;4-7H2,1-3H3;7,9H,1-6H2;2H,1H3. The highest BCUT2D eigenvalue weighted by Gasteiger charge is 2.31. The average molecular weight is 888 g/mol. The summed E-state index contributed by atoms with van der Waals surface area (Å²) in [6.45, 7) is 32.6. The number of nitrogens with one attached hydrogen (secondary N) is 2. The molecule has 0 radical (unpaired) electrons. The third kappa shape index (κ3) is 23.6. The first-order chi connectivity index (χ1) is 29.6. The van der Waals surface area contributed by atoms with Crippen LogP contribution in [0.15, 0.2) is 0 Å². The third-order valence-electron chi connectivity index (χ3n) is 11.7. The molecule has 0 aromatic carbocycles. The van der Waals surface area contributed by atoms with Gasteiger partial charge >= 0.3 is 12.2 Å². The molecular weight excluding hydrogens is 799 g/mol. The van der Waals surface area contributed by atoms with Gasteiger partial charge in [0.25, 0.3) is 0 Å². The Labute approximate surface area is 374 Å². The maximum atomic E-state index is 12.1. The number of ether oxygens (including phenoxy) is 2. The second kappa shape index (κ2) is 30.8. The average Bonchev–Trinajstić information content (AvgIpc) is 3.26. The number of piperidine rings is 3. The Morgan fingerprint density at radius 1 is 0.516 bits per heavy atom. The van der Waals surface area contributed by atoms with E-state index in [1.54, 1.807) is 4.90 Å². The number of likely N-dealkylation sites (tertiary alicyclic amines) is 2. The fourth-order valence-corrected chi connectivity index (χ4v) is 8.24. The summed E-state index contributed by atoms with van der Waals surface area (Å²) in [6, 6.07) is 1.39. The normalized spacial score (nSPS) is 22.1. The van der Waals surface area contributed by atoms with Crippen LogP contribution in [0.3, 0.4) is 0 Å². The number of aliphatic hydroxyl groups excluding tert-OH is 4. The number of hydrogen-bond acceptors (Lipinski definition) is 16. The molecule has 0 atom stereocenters. The minimum atomic E-state index is -0.460. The summed E-state index contributed by atoms with van der Waals surface area (Å²) in [6.07, 6.45) is 5.08. The fourth-order valence-electron chi connectivity index (χ4n) is 8.24. The molecule has 0 spiro atoms. The SMILES string of the molecule is CC(C)(C)OC(=O)N1CCC(=O)CC1.CC(C)(C)OC(=O)N1CCC(N2CCN(CCO)CC2)CC1.CO.OCCN1CCN(C2CCNCC2)CC1.OCCN1CCNCC1. The summed E-state index contributed by atoms with van der Waals surface area (Å²) < 4.78 is 10.6. The van der Waals surface area contributed by atoms with Crippen LogP contribution >= 0.6 is 0 Å². The summed E-state index contributed by atoms with van der Waals surface area (Å²) in [4.78, 5) is 50.1. The number of carbonyl (C=O) groups is 3. The first-order valence-corrected chi connectivity index (χ1v) is 23.4. The lowest BCUT2D eigenvalue weighted by molar-refractivity contribution is -0.121. The fraction of sp³-hybridized carbons (Fsp3) is 0.932. The number of β-amino-alcohol motifs (C(OH)–C–C–N with tert-alkyl or cyclic N) is 3. The Morgan fingerprint density at radius 2 is 0.855 bits per heavy atom. The van der Waals surface area contributed by atoms with Crippen LogP contribution in [-0.4, -0.2) is 260 Å². The number of amides is 2. The number of Topliss-reactive ketones (excluding diaryl/α,β-unsaturated/α-hetero) is 1. The quantitative estimate of drug-likeness (QED) is 0.196. The van der Waals surface area contributed by atoms with Gasteiger partial charge in [0.1, 0.15) is 17.0 Å². The molecule has 364 valence electrons. The molecule has 6 fully saturated rings. The van der Waals surface area contributed by atoms with Crippen molar-refractivity contribution in [2.75, 3.05) is 164 Å². The van der Waals surface area contributed by atoms with Crippen LogP contribution < -0.4 is 10.6 Å². The van der Waals surface area contributed by atoms with E-state index >= 15 is 0 Å². The molecule has 62 heavy (non-hydrogen) atoms. The van der Waals surface area contributed by atoms with Crippen molar-refractivity contribution in [3.63, 3.8) is 0 Å². The van der Waals surface area contributed by atoms with Gasteiger partial charge in [0.15, 0.2) is 0 Å². The van der Waals surface area contributed by atoms with Gasteiger partial charge in [0.05, 0.1) is 19.8 Å². The highest BCUT2D eigenvalue weighted by molar-refractivity contribution is 5.81. The van der Waals surface area contributed by atoms with Crippen molar-refractivity contribution in [3.8, 4) is 0 Å². The highest BCUT2D eigenvalue weighted by Crippen LogP contribution is 2.21. The zero-order valence-electron chi connectivity index (χ0n) is 39.8. The predicted octanol–water partition coefficient (Wildman–Crippen LogP) is 0.423. The predicted molar refractivity (Wildman–Crippen MR) is 244 cm³/mol. The number of ketones is 1. The van der Waals surface area contributed by atoms with Crippen molar-refractivity contribution in [2.45, 2.75) is 103 Å². The van der Waals surface area contributed by atoms with E-state index in [0.29, 0.717) is 45.2 Å². The Hall–Kier alpha value is -2.23. The van der Waals surface area contributed by atoms with E-state index in [9.17, 15) is 14.4 Å². The second-order valence-electron chi connectivity index (χ2n) is 18.7. The Kier molecular flexibility index (Phi) is 27.8. The van der Waals surface area contributed by atoms with Crippen molar-refractivity contribution < 1.29 is 44.3 Å². The highest BCUT2D eigenvalue weighted by atomic mass is 16.6. The van der Waals surface area contributed by atoms with Gasteiger partial charge in [-0.1, -0.05) is 0 Å². The van der Waals surface area contributed by atoms with Gasteiger partial charge in [-0.2, -0.15) is 0 Å². The van der Waals surface area contributed by atoms with E-state index in [2.05, 4.69) is 35.1 Å². The van der Waals surface area contributed by atoms with E-state index in [-0.39, 0.29) is 24.6 Å². The van der Waals surface area contributed by atoms with Crippen LogP contribution in [0.4, 0.5) is 9.59 Å². The molecule has 6 rings (SSSR count). The Balaban J connectivity index is 0.000000293. The zero-order valence-corrected chi connectivity index (χ0v) is 39.8. The molecule has 6 N–H and O–H groups in total. The number of aliphatic hydroxyl groups is 4. The Bertz CT molecular complexity index is 1180. The summed E-state index contributed by atoms with van der Waals surface area (Å²) >= 11 is 0. The smallest absolute Gasteiger partial charge is 0.410 e. The molecule has 18 heteroatoms. The van der Waals surface area contributed by atoms with Gasteiger partial charge in [0.2, 0.25) is 0 Å². The van der Waals surface area contributed by atoms with Crippen molar-refractivity contribution in [3.05, 3.63) is 0 Å². The minimum Gasteiger partial charge on any atom is -0.444 e. The molecule has 6 saturated heterocycles. The molecule has 18 nitrogen and oxygen atoms in total. The molecule has 0 saturated carbocycles. The topological polar surface area (TPSA) is 197 Å². The summed E-state index contributed by atoms with van der Waals surface area (Å²) in [5, 5.41) is 40.1. The third-order valence-corrected chi connectivity index (χ3v) is 11.7. The van der Waals surface area contributed by atoms with Crippen LogP contribution in [0.2, 0.25) is 0 Å². The van der Waals surface area contributed by atoms with E-state index in [1.807, 2.05) is 46.4 Å². The number of piperazine rings is 3. The number of carbonyl (C=O) groups excluding carboxylic acids is 3. The van der Waals surface area contributed by atoms with Gasteiger partial charge in [0, 0.05) is 156 Å². The lowest BCUT2D eigenvalue weighted by Gasteiger charge is -2.42. The van der Waals surface area contributed by atoms with Gasteiger partial charge in [-0.3, -0.25) is 29.3 Å². The molecule has 0 bridgehead atoms. The molecule has 2 amide bonds. The van der Waals surface area contributed by atoms with Crippen molar-refractivity contribution in [1.82, 2.24) is 44.9 Å². The molecular formula is C44H89N9O9. The summed E-state index contributed by atoms with van der Waals surface area (Å²) in [5.74, 6) is 0.227. The summed E-state index contributed by atoms with van der Waals surface area (Å²) in [7, 11) is 1.00. The second-order valence-corrected chi connectivity index (χ2v) is 18.7. The Morgan fingerprint density at radius 3 is 1.23 bits per heavy atom. The van der Waals surface area contributed by atoms with Crippen molar-refractivity contribution >= 4 is 18.0 Å². The molecule has 6 heterocycles. The van der Waals surface area contributed by atoms with Gasteiger partial charge in [-0.25, -0.2) is 9.59 Å². The molecule has 6 aliphatic heterocycles. The lowest BCUT2D eigenvalue weighted by Crippen LogP contribution is -2.54. The van der Waals surface area contributed by atoms with Crippen molar-refractivity contribution in [1.29, 1.82) is 0 Å². The molecule has 0 aliphatic carbocycles. The maximum absolute atomic E-state index is 12.1. The molecule has 6 aliphatic rings. The lowest BCUT2D eigenvalue weighted by atomic mass is 10.0. The molecule has 0 aromatic heterocycles. The van der Waals surface area contributed by atoms with Crippen LogP contribution in [0.25, 0.3) is 0 Å². The van der Waals surface area contributed by atoms with Gasteiger partial charge in [-0.15, -0.1) is 0 Å². The van der Waals surface area contributed by atoms with Gasteiger partial charge < -0.3 is 50.3 Å². The van der Waals surface area contributed by atoms with Crippen LogP contribution in [0.5, 0.6) is 0 Å². The van der Waals surface area contributed by atoms with Crippen LogP contribution in [0, 0.1) is 0 Å². The first-order valence-electron chi connectivity index (χ1n) is 23.4. The van der Waals surface area contributed by atoms with E-state index in [0.717, 1.165) is 124 Å². The first kappa shape index (κ1) is 55.9. The van der Waals surface area contributed by atoms with E-state index < -0.39 is 11.2 Å². The number of rotatable bonds is 8. The van der Waals surface area contributed by atoms with E-state index in [1.165, 1.54) is 39.0 Å². The van der Waals surface area contributed by atoms with Crippen LogP contribution in [0.1, 0.15) is 80.1 Å². The van der Waals surface area contributed by atoms with Crippen LogP contribution in [-0.2, 0) is 14.3 Å². The van der Waals surface area contributed by atoms with Crippen molar-refractivity contribution in [2.24, 2.45) is 0 Å².